The first kappa shape index (κ1) is 9.15. The van der Waals surface area contributed by atoms with E-state index in [0.717, 1.165) is 0 Å². The lowest BCUT2D eigenvalue weighted by Gasteiger charge is -1.99. The zero-order valence-electron chi connectivity index (χ0n) is 7.41. The topological polar surface area (TPSA) is 67.6 Å². The van der Waals surface area contributed by atoms with E-state index < -0.39 is 0 Å². The van der Waals surface area contributed by atoms with Crippen molar-refractivity contribution >= 4 is 5.82 Å². The number of aryl methyl sites for hydroxylation is 1. The van der Waals surface area contributed by atoms with E-state index in [0.29, 0.717) is 24.3 Å². The van der Waals surface area contributed by atoms with Gasteiger partial charge in [0.05, 0.1) is 12.7 Å². The summed E-state index contributed by atoms with van der Waals surface area (Å²) >= 11 is 0. The van der Waals surface area contributed by atoms with Crippen LogP contribution >= 0.6 is 0 Å². The molecule has 1 aromatic rings. The fourth-order valence-electron chi connectivity index (χ4n) is 0.946. The largest absolute Gasteiger partial charge is 0.383 e. The molecule has 0 saturated carbocycles. The van der Waals surface area contributed by atoms with Crippen LogP contribution in [0.5, 0.6) is 0 Å². The van der Waals surface area contributed by atoms with Crippen LogP contribution in [0.15, 0.2) is 6.20 Å². The summed E-state index contributed by atoms with van der Waals surface area (Å²) in [6, 6.07) is 1.96. The number of rotatable bonds is 2. The molecule has 0 spiro atoms. The normalized spacial score (nSPS) is 8.62. The van der Waals surface area contributed by atoms with E-state index in [1.54, 1.807) is 11.6 Å². The van der Waals surface area contributed by atoms with Crippen LogP contribution in [0.2, 0.25) is 0 Å². The highest BCUT2D eigenvalue weighted by atomic mass is 15.3. The summed E-state index contributed by atoms with van der Waals surface area (Å²) in [5, 5.41) is 12.6. The van der Waals surface area contributed by atoms with Gasteiger partial charge in [-0.25, -0.2) is 4.68 Å². The van der Waals surface area contributed by atoms with Gasteiger partial charge in [-0.1, -0.05) is 0 Å². The van der Waals surface area contributed by atoms with Crippen molar-refractivity contribution < 1.29 is 0 Å². The lowest BCUT2D eigenvalue weighted by molar-refractivity contribution is 0.639. The van der Waals surface area contributed by atoms with Crippen LogP contribution in [-0.2, 0) is 6.54 Å². The second-order valence-corrected chi connectivity index (χ2v) is 2.46. The van der Waals surface area contributed by atoms with E-state index >= 15 is 0 Å². The van der Waals surface area contributed by atoms with Crippen molar-refractivity contribution in [3.8, 4) is 17.9 Å². The molecule has 13 heavy (non-hydrogen) atoms. The standard InChI is InChI=1S/C9H10N4/c1-2-3-4-5-13-9(11)8(6-10)7-12-13/h7H,4-5,11H2,1H3. The van der Waals surface area contributed by atoms with E-state index in [-0.39, 0.29) is 0 Å². The Kier molecular flexibility index (Phi) is 2.94. The summed E-state index contributed by atoms with van der Waals surface area (Å²) < 4.78 is 1.59. The second-order valence-electron chi connectivity index (χ2n) is 2.46. The molecule has 0 fully saturated rings. The Balaban J connectivity index is 2.72. The lowest BCUT2D eigenvalue weighted by Crippen LogP contribution is -2.04. The second kappa shape index (κ2) is 4.18. The summed E-state index contributed by atoms with van der Waals surface area (Å²) in [6.07, 6.45) is 2.17. The van der Waals surface area contributed by atoms with Crippen molar-refractivity contribution in [2.45, 2.75) is 19.9 Å². The number of nitrogens with zero attached hydrogens (tertiary/aromatic N) is 3. The van der Waals surface area contributed by atoms with Crippen LogP contribution in [0, 0.1) is 23.2 Å². The number of aromatic nitrogens is 2. The van der Waals surface area contributed by atoms with Gasteiger partial charge in [0.15, 0.2) is 0 Å². The van der Waals surface area contributed by atoms with E-state index in [4.69, 9.17) is 11.0 Å². The predicted octanol–water partition coefficient (Wildman–Crippen LogP) is 0.750. The van der Waals surface area contributed by atoms with Crippen molar-refractivity contribution in [3.05, 3.63) is 11.8 Å². The van der Waals surface area contributed by atoms with E-state index in [1.165, 1.54) is 6.20 Å². The molecule has 66 valence electrons. The molecule has 0 unspecified atom stereocenters. The molecule has 0 bridgehead atoms. The predicted molar refractivity (Wildman–Crippen MR) is 49.4 cm³/mol. The minimum Gasteiger partial charge on any atom is -0.383 e. The third-order valence-corrected chi connectivity index (χ3v) is 1.63. The van der Waals surface area contributed by atoms with Crippen molar-refractivity contribution in [1.82, 2.24) is 9.78 Å². The van der Waals surface area contributed by atoms with Crippen LogP contribution in [0.25, 0.3) is 0 Å². The molecule has 0 aromatic carbocycles. The third-order valence-electron chi connectivity index (χ3n) is 1.63. The van der Waals surface area contributed by atoms with Gasteiger partial charge in [0, 0.05) is 6.42 Å². The molecule has 1 heterocycles. The fraction of sp³-hybridized carbons (Fsp3) is 0.333. The number of anilines is 1. The van der Waals surface area contributed by atoms with Gasteiger partial charge in [0.25, 0.3) is 0 Å². The average Bonchev–Trinajstić information content (AvgIpc) is 2.48. The Morgan fingerprint density at radius 3 is 3.00 bits per heavy atom. The maximum atomic E-state index is 8.59. The van der Waals surface area contributed by atoms with Crippen LogP contribution in [0.3, 0.4) is 0 Å². The Hall–Kier alpha value is -1.94. The van der Waals surface area contributed by atoms with Gasteiger partial charge in [0.2, 0.25) is 0 Å². The quantitative estimate of drug-likeness (QED) is 0.673. The highest BCUT2D eigenvalue weighted by Gasteiger charge is 2.04. The maximum Gasteiger partial charge on any atom is 0.139 e. The summed E-state index contributed by atoms with van der Waals surface area (Å²) in [5.41, 5.74) is 6.05. The molecule has 2 N–H and O–H groups in total. The smallest absolute Gasteiger partial charge is 0.139 e. The summed E-state index contributed by atoms with van der Waals surface area (Å²) in [7, 11) is 0. The summed E-state index contributed by atoms with van der Waals surface area (Å²) in [4.78, 5) is 0. The lowest BCUT2D eigenvalue weighted by atomic mass is 10.3. The number of nitrogen functional groups attached to an aromatic ring is 1. The van der Waals surface area contributed by atoms with Gasteiger partial charge in [-0.05, 0) is 6.92 Å². The molecule has 0 saturated heterocycles. The van der Waals surface area contributed by atoms with Crippen molar-refractivity contribution in [2.75, 3.05) is 5.73 Å². The fourth-order valence-corrected chi connectivity index (χ4v) is 0.946. The first-order valence-corrected chi connectivity index (χ1v) is 3.90. The van der Waals surface area contributed by atoms with Gasteiger partial charge in [-0.15, -0.1) is 11.8 Å². The zero-order valence-corrected chi connectivity index (χ0v) is 7.41. The highest BCUT2D eigenvalue weighted by Crippen LogP contribution is 2.08. The Bertz CT molecular complexity index is 386. The van der Waals surface area contributed by atoms with E-state index in [1.807, 2.05) is 6.07 Å². The van der Waals surface area contributed by atoms with Crippen LogP contribution in [-0.4, -0.2) is 9.78 Å². The maximum absolute atomic E-state index is 8.59. The molecular formula is C9H10N4. The summed E-state index contributed by atoms with van der Waals surface area (Å²) in [5.74, 6) is 6.10. The van der Waals surface area contributed by atoms with Crippen LogP contribution in [0.1, 0.15) is 18.9 Å². The molecular weight excluding hydrogens is 164 g/mol. The molecule has 4 nitrogen and oxygen atoms in total. The minimum absolute atomic E-state index is 0.417. The number of nitrogens with two attached hydrogens (primary N) is 1. The Morgan fingerprint density at radius 1 is 1.69 bits per heavy atom. The number of hydrogen-bond donors (Lipinski definition) is 1. The first-order valence-electron chi connectivity index (χ1n) is 3.90. The molecule has 1 aromatic heterocycles. The molecule has 1 rings (SSSR count). The van der Waals surface area contributed by atoms with Gasteiger partial charge >= 0.3 is 0 Å². The molecule has 0 amide bonds. The molecule has 0 atom stereocenters. The molecule has 0 radical (unpaired) electrons. The highest BCUT2D eigenvalue weighted by molar-refractivity contribution is 5.47. The molecule has 4 heteroatoms. The third kappa shape index (κ3) is 2.00. The molecule has 0 aliphatic rings. The Morgan fingerprint density at radius 2 is 2.46 bits per heavy atom. The number of nitriles is 1. The first-order chi connectivity index (χ1) is 6.29. The average molecular weight is 174 g/mol. The van der Waals surface area contributed by atoms with Gasteiger partial charge in [-0.2, -0.15) is 10.4 Å². The minimum atomic E-state index is 0.417. The van der Waals surface area contributed by atoms with Crippen molar-refractivity contribution in [3.63, 3.8) is 0 Å². The molecule has 0 aliphatic heterocycles. The van der Waals surface area contributed by atoms with E-state index in [2.05, 4.69) is 16.9 Å². The van der Waals surface area contributed by atoms with Gasteiger partial charge in [-0.3, -0.25) is 0 Å². The summed E-state index contributed by atoms with van der Waals surface area (Å²) in [6.45, 7) is 2.42. The molecule has 0 aliphatic carbocycles. The monoisotopic (exact) mass is 174 g/mol. The SMILES string of the molecule is CC#CCCn1ncc(C#N)c1N. The number of hydrogen-bond acceptors (Lipinski definition) is 3. The van der Waals surface area contributed by atoms with Crippen molar-refractivity contribution in [2.24, 2.45) is 0 Å². The van der Waals surface area contributed by atoms with Crippen LogP contribution in [0.4, 0.5) is 5.82 Å². The van der Waals surface area contributed by atoms with Gasteiger partial charge < -0.3 is 5.73 Å². The van der Waals surface area contributed by atoms with Crippen LogP contribution < -0.4 is 5.73 Å². The zero-order chi connectivity index (χ0) is 9.68. The van der Waals surface area contributed by atoms with Crippen molar-refractivity contribution in [1.29, 1.82) is 5.26 Å². The van der Waals surface area contributed by atoms with E-state index in [9.17, 15) is 0 Å². The Labute approximate surface area is 77.0 Å². The van der Waals surface area contributed by atoms with Gasteiger partial charge in [0.1, 0.15) is 17.5 Å².